The second-order valence-electron chi connectivity index (χ2n) is 13.7. The molecule has 274 valence electrons. The lowest BCUT2D eigenvalue weighted by atomic mass is 9.92. The molecule has 3 aromatic heterocycles. The maximum atomic E-state index is 7.20. The number of methoxy groups -OCH3 is 2. The van der Waals surface area contributed by atoms with Crippen molar-refractivity contribution in [3.63, 3.8) is 0 Å². The normalized spacial score (nSPS) is 14.4. The van der Waals surface area contributed by atoms with Crippen molar-refractivity contribution in [3.05, 3.63) is 125 Å². The number of ether oxygens (including phenoxy) is 2. The zero-order chi connectivity index (χ0) is 37.0. The van der Waals surface area contributed by atoms with Crippen LogP contribution in [-0.4, -0.2) is 71.4 Å². The Morgan fingerprint density at radius 2 is 1.33 bits per heavy atom. The van der Waals surface area contributed by atoms with E-state index in [-0.39, 0.29) is 0 Å². The van der Waals surface area contributed by atoms with E-state index in [1.165, 1.54) is 0 Å². The molecule has 12 heteroatoms. The zero-order valence-electron chi connectivity index (χ0n) is 30.1. The summed E-state index contributed by atoms with van der Waals surface area (Å²) in [5.74, 6) is 3.94. The second kappa shape index (κ2) is 16.0. The van der Waals surface area contributed by atoms with Crippen LogP contribution in [0.2, 0.25) is 10.0 Å². The van der Waals surface area contributed by atoms with Gasteiger partial charge in [-0.15, -0.1) is 0 Å². The molecule has 0 atom stereocenters. The van der Waals surface area contributed by atoms with Crippen LogP contribution in [0.1, 0.15) is 17.5 Å². The van der Waals surface area contributed by atoms with Crippen molar-refractivity contribution in [1.82, 2.24) is 30.2 Å². The highest BCUT2D eigenvalue weighted by Gasteiger charge is 2.29. The molecule has 0 amide bonds. The van der Waals surface area contributed by atoms with Gasteiger partial charge >= 0.3 is 0 Å². The molecule has 2 fully saturated rings. The van der Waals surface area contributed by atoms with Gasteiger partial charge in [-0.05, 0) is 48.6 Å². The topological polar surface area (TPSA) is 101 Å². The first-order valence-corrected chi connectivity index (χ1v) is 18.8. The SMILES string of the molecule is COc1cc(-c2cccc(-c3cccc(-c4ccc(CCC5CN(c6ccncn6)C5)c(OC)n4)c3Cl)c2Cl)ccc1CNC1CN(c2ccncn2)C1. The van der Waals surface area contributed by atoms with Crippen molar-refractivity contribution < 1.29 is 9.47 Å². The molecule has 0 bridgehead atoms. The number of hydrogen-bond acceptors (Lipinski definition) is 10. The maximum absolute atomic E-state index is 7.20. The van der Waals surface area contributed by atoms with Gasteiger partial charge in [0.1, 0.15) is 30.0 Å². The van der Waals surface area contributed by atoms with E-state index in [1.54, 1.807) is 39.3 Å². The predicted octanol–water partition coefficient (Wildman–Crippen LogP) is 8.03. The molecular weight excluding hydrogens is 719 g/mol. The van der Waals surface area contributed by atoms with E-state index < -0.39 is 0 Å². The van der Waals surface area contributed by atoms with Crippen LogP contribution < -0.4 is 24.6 Å². The summed E-state index contributed by atoms with van der Waals surface area (Å²) in [5.41, 5.74) is 7.22. The van der Waals surface area contributed by atoms with E-state index in [4.69, 9.17) is 37.7 Å². The molecule has 2 saturated heterocycles. The number of nitrogens with zero attached hydrogens (tertiary/aromatic N) is 7. The minimum atomic E-state index is 0.367. The van der Waals surface area contributed by atoms with Crippen LogP contribution in [-0.2, 0) is 13.0 Å². The van der Waals surface area contributed by atoms with Gasteiger partial charge in [0.25, 0.3) is 0 Å². The highest BCUT2D eigenvalue weighted by atomic mass is 35.5. The molecule has 8 rings (SSSR count). The quantitative estimate of drug-likeness (QED) is 0.125. The van der Waals surface area contributed by atoms with Gasteiger partial charge in [-0.2, -0.15) is 0 Å². The molecule has 1 N–H and O–H groups in total. The Kier molecular flexibility index (Phi) is 10.6. The van der Waals surface area contributed by atoms with Crippen molar-refractivity contribution in [3.8, 4) is 45.1 Å². The highest BCUT2D eigenvalue weighted by molar-refractivity contribution is 6.39. The van der Waals surface area contributed by atoms with Crippen molar-refractivity contribution >= 4 is 34.8 Å². The van der Waals surface area contributed by atoms with E-state index in [0.29, 0.717) is 34.4 Å². The molecule has 2 aliphatic heterocycles. The number of aromatic nitrogens is 5. The first-order chi connectivity index (χ1) is 26.5. The minimum absolute atomic E-state index is 0.367. The molecule has 0 saturated carbocycles. The van der Waals surface area contributed by atoms with Crippen molar-refractivity contribution in [2.45, 2.75) is 25.4 Å². The van der Waals surface area contributed by atoms with Gasteiger partial charge in [0.05, 0.1) is 30.0 Å². The monoisotopic (exact) mass is 758 g/mol. The fourth-order valence-electron chi connectivity index (χ4n) is 7.23. The van der Waals surface area contributed by atoms with Crippen molar-refractivity contribution in [1.29, 1.82) is 0 Å². The van der Waals surface area contributed by atoms with Crippen molar-refractivity contribution in [2.75, 3.05) is 50.2 Å². The van der Waals surface area contributed by atoms with Crippen LogP contribution in [0, 0.1) is 5.92 Å². The molecule has 0 radical (unpaired) electrons. The van der Waals surface area contributed by atoms with Crippen LogP contribution in [0.15, 0.2) is 104 Å². The number of benzene rings is 3. The number of aryl methyl sites for hydroxylation is 1. The third-order valence-corrected chi connectivity index (χ3v) is 11.1. The molecular formula is C42H40Cl2N8O2. The van der Waals surface area contributed by atoms with Gasteiger partial charge in [-0.25, -0.2) is 24.9 Å². The number of pyridine rings is 1. The molecule has 6 aromatic rings. The Balaban J connectivity index is 0.954. The van der Waals surface area contributed by atoms with Crippen LogP contribution >= 0.6 is 23.2 Å². The third kappa shape index (κ3) is 7.42. The first-order valence-electron chi connectivity index (χ1n) is 18.0. The standard InChI is InChI=1S/C42H40Cl2N8O2/c1-53-37-19-29(11-12-30(37)20-47-31-23-52(24-31)39-16-18-46-26-49-39)32-5-3-6-33(40(32)43)34-7-4-8-35(41(34)44)36-14-13-28(42(50-36)54-2)10-9-27-21-51(22-27)38-15-17-45-25-48-38/h3-8,11-19,25-27,31,47H,9-10,20-24H2,1-2H3. The average molecular weight is 760 g/mol. The first kappa shape index (κ1) is 35.7. The average Bonchev–Trinajstić information content (AvgIpc) is 3.18. The number of halogens is 2. The van der Waals surface area contributed by atoms with Crippen LogP contribution in [0.3, 0.4) is 0 Å². The lowest BCUT2D eigenvalue weighted by Crippen LogP contribution is -2.58. The maximum Gasteiger partial charge on any atom is 0.216 e. The van der Waals surface area contributed by atoms with Crippen LogP contribution in [0.25, 0.3) is 33.5 Å². The number of hydrogen-bond donors (Lipinski definition) is 1. The summed E-state index contributed by atoms with van der Waals surface area (Å²) in [6.07, 6.45) is 8.65. The summed E-state index contributed by atoms with van der Waals surface area (Å²) >= 11 is 14.4. The summed E-state index contributed by atoms with van der Waals surface area (Å²) in [5, 5.41) is 4.83. The summed E-state index contributed by atoms with van der Waals surface area (Å²) in [6, 6.07) is 26.6. The number of nitrogens with one attached hydrogen (secondary N) is 1. The van der Waals surface area contributed by atoms with Gasteiger partial charge < -0.3 is 24.6 Å². The van der Waals surface area contributed by atoms with E-state index in [9.17, 15) is 0 Å². The third-order valence-electron chi connectivity index (χ3n) is 10.3. The molecule has 0 aliphatic carbocycles. The lowest BCUT2D eigenvalue weighted by molar-refractivity contribution is 0.369. The van der Waals surface area contributed by atoms with Gasteiger partial charge in [-0.1, -0.05) is 77.8 Å². The number of rotatable bonds is 13. The van der Waals surface area contributed by atoms with E-state index in [0.717, 1.165) is 101 Å². The predicted molar refractivity (Wildman–Crippen MR) is 215 cm³/mol. The largest absolute Gasteiger partial charge is 0.496 e. The Hall–Kier alpha value is -5.29. The Bertz CT molecular complexity index is 2070. The highest BCUT2D eigenvalue weighted by Crippen LogP contribution is 2.43. The van der Waals surface area contributed by atoms with E-state index >= 15 is 0 Å². The van der Waals surface area contributed by atoms with Crippen LogP contribution in [0.4, 0.5) is 11.6 Å². The molecule has 3 aromatic carbocycles. The fraction of sp³-hybridized carbons (Fsp3) is 0.262. The van der Waals surface area contributed by atoms with Crippen molar-refractivity contribution in [2.24, 2.45) is 5.92 Å². The van der Waals surface area contributed by atoms with Gasteiger partial charge in [0, 0.05) is 84.5 Å². The smallest absolute Gasteiger partial charge is 0.216 e. The zero-order valence-corrected chi connectivity index (χ0v) is 31.6. The molecule has 5 heterocycles. The summed E-state index contributed by atoms with van der Waals surface area (Å²) in [4.78, 5) is 26.2. The lowest BCUT2D eigenvalue weighted by Gasteiger charge is -2.40. The minimum Gasteiger partial charge on any atom is -0.496 e. The van der Waals surface area contributed by atoms with Gasteiger partial charge in [0.2, 0.25) is 5.88 Å². The Morgan fingerprint density at radius 3 is 1.98 bits per heavy atom. The van der Waals surface area contributed by atoms with Crippen LogP contribution in [0.5, 0.6) is 11.6 Å². The fourth-order valence-corrected chi connectivity index (χ4v) is 7.90. The summed E-state index contributed by atoms with van der Waals surface area (Å²) < 4.78 is 11.6. The van der Waals surface area contributed by atoms with E-state index in [2.05, 4.69) is 53.3 Å². The summed E-state index contributed by atoms with van der Waals surface area (Å²) in [7, 11) is 3.37. The Morgan fingerprint density at radius 1 is 0.704 bits per heavy atom. The molecule has 54 heavy (non-hydrogen) atoms. The molecule has 10 nitrogen and oxygen atoms in total. The van der Waals surface area contributed by atoms with Gasteiger partial charge in [-0.3, -0.25) is 0 Å². The second-order valence-corrected chi connectivity index (χ2v) is 14.4. The van der Waals surface area contributed by atoms with Gasteiger partial charge in [0.15, 0.2) is 0 Å². The van der Waals surface area contributed by atoms with E-state index in [1.807, 2.05) is 60.7 Å². The molecule has 2 aliphatic rings. The Labute approximate surface area is 325 Å². The molecule has 0 spiro atoms. The molecule has 0 unspecified atom stereocenters. The number of anilines is 2. The summed E-state index contributed by atoms with van der Waals surface area (Å²) in [6.45, 7) is 4.45.